The molecule has 1 aliphatic rings. The second-order valence-corrected chi connectivity index (χ2v) is 5.74. The standard InChI is InChI=1S/C16H23F3N2O/c1-2-21-9-7-12(8-10-21)14(20)11-22-15-6-4-3-5-13(15)16(17,18)19/h3-6,12,14H,2,7-11,20H2,1H3. The van der Waals surface area contributed by atoms with Gasteiger partial charge in [0.1, 0.15) is 12.4 Å². The minimum atomic E-state index is -4.41. The Morgan fingerprint density at radius 2 is 1.91 bits per heavy atom. The Labute approximate surface area is 129 Å². The first kappa shape index (κ1) is 17.1. The van der Waals surface area contributed by atoms with E-state index in [4.69, 9.17) is 10.5 Å². The van der Waals surface area contributed by atoms with E-state index in [-0.39, 0.29) is 18.4 Å². The van der Waals surface area contributed by atoms with Crippen LogP contribution < -0.4 is 10.5 Å². The molecule has 1 unspecified atom stereocenters. The maximum atomic E-state index is 12.9. The van der Waals surface area contributed by atoms with E-state index < -0.39 is 11.7 Å². The summed E-state index contributed by atoms with van der Waals surface area (Å²) in [6.07, 6.45) is -2.47. The van der Waals surface area contributed by atoms with E-state index in [1.54, 1.807) is 0 Å². The lowest BCUT2D eigenvalue weighted by Gasteiger charge is -2.34. The van der Waals surface area contributed by atoms with Crippen molar-refractivity contribution in [3.63, 3.8) is 0 Å². The number of hydrogen-bond acceptors (Lipinski definition) is 3. The van der Waals surface area contributed by atoms with Crippen molar-refractivity contribution in [2.75, 3.05) is 26.2 Å². The number of ether oxygens (including phenoxy) is 1. The van der Waals surface area contributed by atoms with Crippen molar-refractivity contribution in [3.05, 3.63) is 29.8 Å². The van der Waals surface area contributed by atoms with Crippen molar-refractivity contribution < 1.29 is 17.9 Å². The molecule has 0 bridgehead atoms. The third-order valence-corrected chi connectivity index (χ3v) is 4.31. The fraction of sp³-hybridized carbons (Fsp3) is 0.625. The number of halogens is 3. The van der Waals surface area contributed by atoms with Crippen LogP contribution in [0.3, 0.4) is 0 Å². The van der Waals surface area contributed by atoms with Crippen molar-refractivity contribution in [2.24, 2.45) is 11.7 Å². The Hall–Kier alpha value is -1.27. The highest BCUT2D eigenvalue weighted by Gasteiger charge is 2.34. The number of nitrogens with zero attached hydrogens (tertiary/aromatic N) is 1. The van der Waals surface area contributed by atoms with Crippen LogP contribution in [0.5, 0.6) is 5.75 Å². The van der Waals surface area contributed by atoms with Crippen LogP contribution in [-0.2, 0) is 6.18 Å². The average molecular weight is 316 g/mol. The van der Waals surface area contributed by atoms with Gasteiger partial charge in [0.05, 0.1) is 5.56 Å². The number of nitrogens with two attached hydrogens (primary N) is 1. The van der Waals surface area contributed by atoms with Gasteiger partial charge in [0, 0.05) is 6.04 Å². The highest BCUT2D eigenvalue weighted by Crippen LogP contribution is 2.36. The van der Waals surface area contributed by atoms with Gasteiger partial charge < -0.3 is 15.4 Å². The zero-order chi connectivity index (χ0) is 16.2. The molecule has 1 aliphatic heterocycles. The summed E-state index contributed by atoms with van der Waals surface area (Å²) < 4.78 is 44.1. The van der Waals surface area contributed by atoms with Gasteiger partial charge in [-0.25, -0.2) is 0 Å². The molecule has 22 heavy (non-hydrogen) atoms. The molecule has 1 heterocycles. The van der Waals surface area contributed by atoms with Crippen molar-refractivity contribution in [2.45, 2.75) is 32.0 Å². The van der Waals surface area contributed by atoms with E-state index in [1.807, 2.05) is 0 Å². The second-order valence-electron chi connectivity index (χ2n) is 5.74. The van der Waals surface area contributed by atoms with Crippen molar-refractivity contribution in [1.82, 2.24) is 4.90 Å². The predicted molar refractivity (Wildman–Crippen MR) is 79.8 cm³/mol. The third-order valence-electron chi connectivity index (χ3n) is 4.31. The first-order chi connectivity index (χ1) is 10.4. The predicted octanol–water partition coefficient (Wildman–Crippen LogP) is 3.14. The Kier molecular flexibility index (Phi) is 5.69. The van der Waals surface area contributed by atoms with Crippen LogP contribution in [0.1, 0.15) is 25.3 Å². The van der Waals surface area contributed by atoms with E-state index in [9.17, 15) is 13.2 Å². The number of benzene rings is 1. The summed E-state index contributed by atoms with van der Waals surface area (Å²) in [4.78, 5) is 2.35. The summed E-state index contributed by atoms with van der Waals surface area (Å²) in [7, 11) is 0. The molecule has 1 fully saturated rings. The number of rotatable bonds is 5. The Morgan fingerprint density at radius 1 is 1.27 bits per heavy atom. The fourth-order valence-electron chi connectivity index (χ4n) is 2.85. The summed E-state index contributed by atoms with van der Waals surface area (Å²) in [6.45, 7) is 5.25. The van der Waals surface area contributed by atoms with Crippen molar-refractivity contribution >= 4 is 0 Å². The molecule has 0 amide bonds. The Bertz CT molecular complexity index is 471. The molecule has 1 aromatic rings. The van der Waals surface area contributed by atoms with Crippen molar-refractivity contribution in [1.29, 1.82) is 0 Å². The lowest BCUT2D eigenvalue weighted by atomic mass is 9.90. The van der Waals surface area contributed by atoms with Gasteiger partial charge in [-0.1, -0.05) is 19.1 Å². The molecule has 6 heteroatoms. The van der Waals surface area contributed by atoms with Crippen LogP contribution >= 0.6 is 0 Å². The van der Waals surface area contributed by atoms with Gasteiger partial charge >= 0.3 is 6.18 Å². The van der Waals surface area contributed by atoms with Crippen LogP contribution in [0.15, 0.2) is 24.3 Å². The van der Waals surface area contributed by atoms with Gasteiger partial charge in [-0.05, 0) is 50.5 Å². The van der Waals surface area contributed by atoms with E-state index in [0.29, 0.717) is 5.92 Å². The molecule has 0 aromatic heterocycles. The van der Waals surface area contributed by atoms with Crippen LogP contribution in [0.25, 0.3) is 0 Å². The first-order valence-electron chi connectivity index (χ1n) is 7.68. The minimum absolute atomic E-state index is 0.115. The van der Waals surface area contributed by atoms with Gasteiger partial charge in [-0.3, -0.25) is 0 Å². The zero-order valence-electron chi connectivity index (χ0n) is 12.8. The number of para-hydroxylation sites is 1. The zero-order valence-corrected chi connectivity index (χ0v) is 12.8. The summed E-state index contributed by atoms with van der Waals surface area (Å²) in [5.74, 6) is 0.164. The first-order valence-corrected chi connectivity index (χ1v) is 7.68. The summed E-state index contributed by atoms with van der Waals surface area (Å²) in [5.41, 5.74) is 5.37. The van der Waals surface area contributed by atoms with Crippen LogP contribution in [0.4, 0.5) is 13.2 Å². The maximum Gasteiger partial charge on any atom is 0.419 e. The van der Waals surface area contributed by atoms with E-state index in [0.717, 1.165) is 38.5 Å². The third kappa shape index (κ3) is 4.36. The molecule has 1 aromatic carbocycles. The summed E-state index contributed by atoms with van der Waals surface area (Å²) in [5, 5.41) is 0. The Balaban J connectivity index is 1.91. The monoisotopic (exact) mass is 316 g/mol. The molecule has 0 spiro atoms. The van der Waals surface area contributed by atoms with Gasteiger partial charge in [0.2, 0.25) is 0 Å². The SMILES string of the molecule is CCN1CCC(C(N)COc2ccccc2C(F)(F)F)CC1. The minimum Gasteiger partial charge on any atom is -0.491 e. The summed E-state index contributed by atoms with van der Waals surface area (Å²) in [6, 6.07) is 5.03. The highest BCUT2D eigenvalue weighted by atomic mass is 19.4. The molecule has 3 nitrogen and oxygen atoms in total. The number of hydrogen-bond donors (Lipinski definition) is 1. The van der Waals surface area contributed by atoms with E-state index in [2.05, 4.69) is 11.8 Å². The topological polar surface area (TPSA) is 38.5 Å². The van der Waals surface area contributed by atoms with Gasteiger partial charge in [-0.15, -0.1) is 0 Å². The molecule has 2 N–H and O–H groups in total. The molecule has 0 radical (unpaired) electrons. The summed E-state index contributed by atoms with van der Waals surface area (Å²) >= 11 is 0. The highest BCUT2D eigenvalue weighted by molar-refractivity contribution is 5.35. The Morgan fingerprint density at radius 3 is 2.50 bits per heavy atom. The molecular formula is C16H23F3N2O. The van der Waals surface area contributed by atoms with Gasteiger partial charge in [0.15, 0.2) is 0 Å². The van der Waals surface area contributed by atoms with Gasteiger partial charge in [0.25, 0.3) is 0 Å². The molecule has 124 valence electrons. The molecule has 0 saturated carbocycles. The van der Waals surface area contributed by atoms with Crippen LogP contribution in [0.2, 0.25) is 0 Å². The number of piperidine rings is 1. The molecule has 1 saturated heterocycles. The fourth-order valence-corrected chi connectivity index (χ4v) is 2.85. The number of alkyl halides is 3. The normalized spacial score (nSPS) is 19.1. The largest absolute Gasteiger partial charge is 0.491 e. The average Bonchev–Trinajstić information content (AvgIpc) is 2.52. The van der Waals surface area contributed by atoms with Gasteiger partial charge in [-0.2, -0.15) is 13.2 Å². The molecule has 1 atom stereocenters. The van der Waals surface area contributed by atoms with Crippen LogP contribution in [-0.4, -0.2) is 37.2 Å². The second kappa shape index (κ2) is 7.33. The lowest BCUT2D eigenvalue weighted by Crippen LogP contribution is -2.43. The molecule has 0 aliphatic carbocycles. The maximum absolute atomic E-state index is 12.9. The number of likely N-dealkylation sites (tertiary alicyclic amines) is 1. The quantitative estimate of drug-likeness (QED) is 0.907. The molecular weight excluding hydrogens is 293 g/mol. The van der Waals surface area contributed by atoms with E-state index >= 15 is 0 Å². The van der Waals surface area contributed by atoms with Crippen LogP contribution in [0, 0.1) is 5.92 Å². The smallest absolute Gasteiger partial charge is 0.419 e. The molecule has 2 rings (SSSR count). The van der Waals surface area contributed by atoms with Crippen molar-refractivity contribution in [3.8, 4) is 5.75 Å². The lowest BCUT2D eigenvalue weighted by molar-refractivity contribution is -0.139. The van der Waals surface area contributed by atoms with E-state index in [1.165, 1.54) is 18.2 Å².